The molecule has 0 bridgehead atoms. The predicted octanol–water partition coefficient (Wildman–Crippen LogP) is 2.78. The summed E-state index contributed by atoms with van der Waals surface area (Å²) in [5, 5.41) is 0. The minimum atomic E-state index is 0.0520. The van der Waals surface area contributed by atoms with E-state index >= 15 is 0 Å². The van der Waals surface area contributed by atoms with Gasteiger partial charge in [-0.3, -0.25) is 4.18 Å². The van der Waals surface area contributed by atoms with Crippen molar-refractivity contribution in [1.82, 2.24) is 0 Å². The first-order valence-corrected chi connectivity index (χ1v) is 4.50. The molecule has 12 heavy (non-hydrogen) atoms. The van der Waals surface area contributed by atoms with E-state index in [1.807, 2.05) is 25.1 Å². The van der Waals surface area contributed by atoms with E-state index in [0.717, 1.165) is 5.71 Å². The van der Waals surface area contributed by atoms with Crippen LogP contribution in [0.3, 0.4) is 0 Å². The number of benzene rings is 1. The molecule has 1 atom stereocenters. The molecule has 0 radical (unpaired) electrons. The van der Waals surface area contributed by atoms with Crippen molar-refractivity contribution in [2.75, 3.05) is 0 Å². The van der Waals surface area contributed by atoms with Crippen LogP contribution in [0.2, 0.25) is 0 Å². The molecule has 1 aliphatic heterocycles. The maximum absolute atomic E-state index is 5.36. The van der Waals surface area contributed by atoms with Crippen LogP contribution in [0.4, 0.5) is 0 Å². The molecule has 0 aromatic heterocycles. The summed E-state index contributed by atoms with van der Waals surface area (Å²) in [6, 6.07) is 10.1. The lowest BCUT2D eigenvalue weighted by atomic mass is 10.1. The average molecular weight is 179 g/mol. The standard InChI is InChI=1S/C9H9NOS/c1-7-9(11-12-10-7)8-5-3-2-4-6-8/h2-6,9H,1H3/t9-/m0/s1. The zero-order valence-electron chi connectivity index (χ0n) is 6.73. The van der Waals surface area contributed by atoms with Crippen LogP contribution in [0.5, 0.6) is 0 Å². The normalized spacial score (nSPS) is 22.4. The Morgan fingerprint density at radius 3 is 2.67 bits per heavy atom. The summed E-state index contributed by atoms with van der Waals surface area (Å²) in [4.78, 5) is 0. The summed E-state index contributed by atoms with van der Waals surface area (Å²) in [5.74, 6) is 0. The largest absolute Gasteiger partial charge is 0.281 e. The number of hydrogen-bond acceptors (Lipinski definition) is 3. The quantitative estimate of drug-likeness (QED) is 0.488. The Hall–Kier alpha value is -0.800. The third kappa shape index (κ3) is 1.38. The smallest absolute Gasteiger partial charge is 0.138 e. The van der Waals surface area contributed by atoms with Crippen LogP contribution in [-0.4, -0.2) is 5.71 Å². The first-order valence-electron chi connectivity index (χ1n) is 3.80. The van der Waals surface area contributed by atoms with E-state index in [9.17, 15) is 0 Å². The number of nitrogens with zero attached hydrogens (tertiary/aromatic N) is 1. The molecular weight excluding hydrogens is 170 g/mol. The Morgan fingerprint density at radius 1 is 1.33 bits per heavy atom. The molecule has 0 saturated carbocycles. The highest BCUT2D eigenvalue weighted by atomic mass is 32.2. The first kappa shape index (κ1) is 7.83. The summed E-state index contributed by atoms with van der Waals surface area (Å²) >= 11 is 1.17. The summed E-state index contributed by atoms with van der Waals surface area (Å²) in [7, 11) is 0. The van der Waals surface area contributed by atoms with Gasteiger partial charge in [-0.15, -0.1) is 0 Å². The van der Waals surface area contributed by atoms with Crippen molar-refractivity contribution in [3.8, 4) is 0 Å². The summed E-state index contributed by atoms with van der Waals surface area (Å²) in [5.41, 5.74) is 2.20. The Morgan fingerprint density at radius 2 is 2.08 bits per heavy atom. The van der Waals surface area contributed by atoms with Crippen molar-refractivity contribution < 1.29 is 4.18 Å². The van der Waals surface area contributed by atoms with Crippen LogP contribution < -0.4 is 0 Å². The highest BCUT2D eigenvalue weighted by Gasteiger charge is 2.20. The maximum Gasteiger partial charge on any atom is 0.138 e. The van der Waals surface area contributed by atoms with E-state index in [-0.39, 0.29) is 6.10 Å². The molecule has 2 nitrogen and oxygen atoms in total. The lowest BCUT2D eigenvalue weighted by Gasteiger charge is -2.07. The van der Waals surface area contributed by atoms with Gasteiger partial charge >= 0.3 is 0 Å². The van der Waals surface area contributed by atoms with Gasteiger partial charge in [0.25, 0.3) is 0 Å². The molecule has 1 aromatic rings. The predicted molar refractivity (Wildman–Crippen MR) is 51.0 cm³/mol. The molecule has 0 aliphatic carbocycles. The van der Waals surface area contributed by atoms with Crippen LogP contribution >= 0.6 is 12.2 Å². The monoisotopic (exact) mass is 179 g/mol. The fraction of sp³-hybridized carbons (Fsp3) is 0.222. The summed E-state index contributed by atoms with van der Waals surface area (Å²) < 4.78 is 9.47. The maximum atomic E-state index is 5.36. The SMILES string of the molecule is CC1=NSO[C@@H]1c1ccccc1. The molecule has 0 saturated heterocycles. The van der Waals surface area contributed by atoms with Crippen LogP contribution in [-0.2, 0) is 4.18 Å². The van der Waals surface area contributed by atoms with Gasteiger partial charge in [0.05, 0.1) is 5.71 Å². The molecule has 1 aliphatic rings. The van der Waals surface area contributed by atoms with Gasteiger partial charge in [-0.2, -0.15) is 4.40 Å². The van der Waals surface area contributed by atoms with Crippen molar-refractivity contribution >= 4 is 17.9 Å². The van der Waals surface area contributed by atoms with Gasteiger partial charge in [-0.05, 0) is 12.5 Å². The molecule has 0 N–H and O–H groups in total. The number of hydrogen-bond donors (Lipinski definition) is 0. The molecule has 62 valence electrons. The van der Waals surface area contributed by atoms with Crippen molar-refractivity contribution in [2.45, 2.75) is 13.0 Å². The molecule has 1 aromatic carbocycles. The first-order chi connectivity index (χ1) is 5.88. The van der Waals surface area contributed by atoms with Crippen molar-refractivity contribution in [2.24, 2.45) is 4.40 Å². The van der Waals surface area contributed by atoms with Gasteiger partial charge in [0.1, 0.15) is 18.3 Å². The molecule has 0 fully saturated rings. The molecule has 0 unspecified atom stereocenters. The zero-order valence-corrected chi connectivity index (χ0v) is 7.54. The molecule has 1 heterocycles. The second kappa shape index (κ2) is 3.29. The fourth-order valence-corrected chi connectivity index (χ4v) is 1.76. The van der Waals surface area contributed by atoms with Crippen molar-refractivity contribution in [3.05, 3.63) is 35.9 Å². The third-order valence-electron chi connectivity index (χ3n) is 1.80. The van der Waals surface area contributed by atoms with Crippen molar-refractivity contribution in [1.29, 1.82) is 0 Å². The molecular formula is C9H9NOS. The Labute approximate surface area is 76.0 Å². The van der Waals surface area contributed by atoms with E-state index in [1.165, 1.54) is 17.8 Å². The van der Waals surface area contributed by atoms with Gasteiger partial charge in [-0.1, -0.05) is 30.3 Å². The van der Waals surface area contributed by atoms with E-state index in [4.69, 9.17) is 4.18 Å². The zero-order chi connectivity index (χ0) is 8.39. The highest BCUT2D eigenvalue weighted by Crippen LogP contribution is 2.31. The van der Waals surface area contributed by atoms with Crippen LogP contribution in [0.15, 0.2) is 34.7 Å². The van der Waals surface area contributed by atoms with E-state index in [1.54, 1.807) is 0 Å². The Bertz CT molecular complexity index is 297. The van der Waals surface area contributed by atoms with Gasteiger partial charge in [0, 0.05) is 0 Å². The molecule has 0 spiro atoms. The number of rotatable bonds is 1. The second-order valence-corrected chi connectivity index (χ2v) is 3.22. The minimum Gasteiger partial charge on any atom is -0.281 e. The average Bonchev–Trinajstić information content (AvgIpc) is 2.53. The topological polar surface area (TPSA) is 21.6 Å². The molecule has 2 rings (SSSR count). The van der Waals surface area contributed by atoms with Gasteiger partial charge < -0.3 is 0 Å². The summed E-state index contributed by atoms with van der Waals surface area (Å²) in [6.07, 6.45) is 0.0520. The van der Waals surface area contributed by atoms with Gasteiger partial charge in [-0.25, -0.2) is 0 Å². The Balaban J connectivity index is 2.27. The lowest BCUT2D eigenvalue weighted by molar-refractivity contribution is 0.336. The van der Waals surface area contributed by atoms with Gasteiger partial charge in [0.2, 0.25) is 0 Å². The fourth-order valence-electron chi connectivity index (χ4n) is 1.17. The van der Waals surface area contributed by atoms with E-state index in [0.29, 0.717) is 0 Å². The molecule has 0 amide bonds. The van der Waals surface area contributed by atoms with Gasteiger partial charge in [0.15, 0.2) is 0 Å². The van der Waals surface area contributed by atoms with E-state index < -0.39 is 0 Å². The third-order valence-corrected chi connectivity index (χ3v) is 2.44. The molecule has 3 heteroatoms. The Kier molecular flexibility index (Phi) is 2.15. The minimum absolute atomic E-state index is 0.0520. The van der Waals surface area contributed by atoms with Crippen LogP contribution in [0.25, 0.3) is 0 Å². The highest BCUT2D eigenvalue weighted by molar-refractivity contribution is 7.93. The van der Waals surface area contributed by atoms with Crippen LogP contribution in [0.1, 0.15) is 18.6 Å². The lowest BCUT2D eigenvalue weighted by Crippen LogP contribution is -2.04. The second-order valence-electron chi connectivity index (χ2n) is 2.69. The van der Waals surface area contributed by atoms with Crippen LogP contribution in [0, 0.1) is 0 Å². The van der Waals surface area contributed by atoms with Crippen molar-refractivity contribution in [3.63, 3.8) is 0 Å². The summed E-state index contributed by atoms with van der Waals surface area (Å²) in [6.45, 7) is 1.98. The van der Waals surface area contributed by atoms with E-state index in [2.05, 4.69) is 16.5 Å².